The van der Waals surface area contributed by atoms with Crippen molar-refractivity contribution in [3.05, 3.63) is 29.1 Å². The lowest BCUT2D eigenvalue weighted by molar-refractivity contribution is 0.352. The number of methoxy groups -OCH3 is 1. The second kappa shape index (κ2) is 4.33. The summed E-state index contributed by atoms with van der Waals surface area (Å²) in [5, 5.41) is 3.08. The Morgan fingerprint density at radius 3 is 2.62 bits per heavy atom. The molecule has 5 heteroatoms. The van der Waals surface area contributed by atoms with Crippen LogP contribution in [-0.2, 0) is 0 Å². The molecule has 0 aromatic heterocycles. The normalized spacial score (nSPS) is 20.1. The van der Waals surface area contributed by atoms with Crippen LogP contribution in [0, 0.1) is 17.5 Å². The van der Waals surface area contributed by atoms with Crippen LogP contribution >= 0.6 is 0 Å². The van der Waals surface area contributed by atoms with Crippen LogP contribution in [0.1, 0.15) is 17.9 Å². The summed E-state index contributed by atoms with van der Waals surface area (Å²) in [6, 6.07) is 1.02. The van der Waals surface area contributed by atoms with Crippen molar-refractivity contribution in [2.24, 2.45) is 0 Å². The third-order valence-electron chi connectivity index (χ3n) is 2.85. The maximum Gasteiger partial charge on any atom is 0.203 e. The van der Waals surface area contributed by atoms with E-state index in [-0.39, 0.29) is 11.7 Å². The van der Waals surface area contributed by atoms with Gasteiger partial charge in [-0.3, -0.25) is 0 Å². The van der Waals surface area contributed by atoms with Gasteiger partial charge in [-0.15, -0.1) is 0 Å². The molecular formula is C11H12F3NO. The zero-order valence-corrected chi connectivity index (χ0v) is 8.82. The number of benzene rings is 1. The highest BCUT2D eigenvalue weighted by Crippen LogP contribution is 2.34. The Morgan fingerprint density at radius 2 is 2.06 bits per heavy atom. The molecule has 0 radical (unpaired) electrons. The first kappa shape index (κ1) is 11.3. The predicted molar refractivity (Wildman–Crippen MR) is 53.1 cm³/mol. The molecular weight excluding hydrogens is 219 g/mol. The molecule has 88 valence electrons. The van der Waals surface area contributed by atoms with E-state index < -0.39 is 17.5 Å². The van der Waals surface area contributed by atoms with Crippen LogP contribution in [0.2, 0.25) is 0 Å². The molecule has 0 spiro atoms. The van der Waals surface area contributed by atoms with Gasteiger partial charge in [-0.25, -0.2) is 8.78 Å². The molecule has 1 fully saturated rings. The minimum Gasteiger partial charge on any atom is -0.493 e. The van der Waals surface area contributed by atoms with Gasteiger partial charge < -0.3 is 10.1 Å². The highest BCUT2D eigenvalue weighted by molar-refractivity contribution is 5.39. The summed E-state index contributed by atoms with van der Waals surface area (Å²) in [4.78, 5) is 0. The van der Waals surface area contributed by atoms with E-state index in [1.165, 1.54) is 7.11 Å². The summed E-state index contributed by atoms with van der Waals surface area (Å²) >= 11 is 0. The number of rotatable bonds is 2. The van der Waals surface area contributed by atoms with Crippen molar-refractivity contribution >= 4 is 0 Å². The molecule has 1 atom stereocenters. The van der Waals surface area contributed by atoms with Gasteiger partial charge in [-0.2, -0.15) is 4.39 Å². The molecule has 1 aliphatic heterocycles. The fraction of sp³-hybridized carbons (Fsp3) is 0.455. The number of hydrogen-bond donors (Lipinski definition) is 1. The van der Waals surface area contributed by atoms with Gasteiger partial charge in [0.1, 0.15) is 0 Å². The number of nitrogens with one attached hydrogen (secondary N) is 1. The van der Waals surface area contributed by atoms with Crippen LogP contribution in [-0.4, -0.2) is 20.2 Å². The number of ether oxygens (including phenoxy) is 1. The van der Waals surface area contributed by atoms with Crippen LogP contribution in [0.3, 0.4) is 0 Å². The van der Waals surface area contributed by atoms with Crippen molar-refractivity contribution in [1.82, 2.24) is 5.32 Å². The Balaban J connectivity index is 2.50. The van der Waals surface area contributed by atoms with E-state index in [0.29, 0.717) is 12.1 Å². The highest BCUT2D eigenvalue weighted by atomic mass is 19.2. The first-order valence-electron chi connectivity index (χ1n) is 5.07. The van der Waals surface area contributed by atoms with Gasteiger partial charge in [0.25, 0.3) is 0 Å². The molecule has 1 aromatic rings. The zero-order chi connectivity index (χ0) is 11.7. The minimum absolute atomic E-state index is 0.0282. The SMILES string of the molecule is COc1c(C2CCNC2)cc(F)c(F)c1F. The lowest BCUT2D eigenvalue weighted by Crippen LogP contribution is -2.10. The van der Waals surface area contributed by atoms with Crippen molar-refractivity contribution in [1.29, 1.82) is 0 Å². The molecule has 0 aliphatic carbocycles. The van der Waals surface area contributed by atoms with Gasteiger partial charge in [-0.1, -0.05) is 0 Å². The summed E-state index contributed by atoms with van der Waals surface area (Å²) in [5.74, 6) is -4.11. The molecule has 16 heavy (non-hydrogen) atoms. The highest BCUT2D eigenvalue weighted by Gasteiger charge is 2.26. The molecule has 1 aliphatic rings. The van der Waals surface area contributed by atoms with Gasteiger partial charge in [-0.05, 0) is 19.0 Å². The molecule has 1 heterocycles. The first-order chi connectivity index (χ1) is 7.65. The van der Waals surface area contributed by atoms with E-state index in [9.17, 15) is 13.2 Å². The molecule has 2 rings (SSSR count). The lowest BCUT2D eigenvalue weighted by atomic mass is 9.97. The van der Waals surface area contributed by atoms with Crippen LogP contribution in [0.25, 0.3) is 0 Å². The standard InChI is InChI=1S/C11H12F3NO/c1-16-11-7(6-2-3-15-5-6)4-8(12)9(13)10(11)14/h4,6,15H,2-3,5H2,1H3. The van der Waals surface area contributed by atoms with Crippen LogP contribution in [0.15, 0.2) is 6.07 Å². The molecule has 0 amide bonds. The third kappa shape index (κ3) is 1.75. The Hall–Kier alpha value is -1.23. The second-order valence-electron chi connectivity index (χ2n) is 3.80. The van der Waals surface area contributed by atoms with E-state index in [0.717, 1.165) is 19.0 Å². The van der Waals surface area contributed by atoms with E-state index in [1.54, 1.807) is 0 Å². The summed E-state index contributed by atoms with van der Waals surface area (Å²) in [7, 11) is 1.25. The maximum atomic E-state index is 13.4. The van der Waals surface area contributed by atoms with Gasteiger partial charge in [0.2, 0.25) is 5.82 Å². The third-order valence-corrected chi connectivity index (χ3v) is 2.85. The molecule has 0 saturated carbocycles. The summed E-state index contributed by atoms with van der Waals surface area (Å²) in [6.45, 7) is 1.41. The van der Waals surface area contributed by atoms with Crippen molar-refractivity contribution in [2.75, 3.05) is 20.2 Å². The summed E-state index contributed by atoms with van der Waals surface area (Å²) in [6.07, 6.45) is 0.765. The monoisotopic (exact) mass is 231 g/mol. The fourth-order valence-electron chi connectivity index (χ4n) is 2.03. The Bertz CT molecular complexity index is 403. The smallest absolute Gasteiger partial charge is 0.203 e. The van der Waals surface area contributed by atoms with Crippen LogP contribution in [0.5, 0.6) is 5.75 Å². The molecule has 0 bridgehead atoms. The number of hydrogen-bond acceptors (Lipinski definition) is 2. The topological polar surface area (TPSA) is 21.3 Å². The first-order valence-corrected chi connectivity index (χ1v) is 5.07. The van der Waals surface area contributed by atoms with E-state index in [4.69, 9.17) is 4.74 Å². The van der Waals surface area contributed by atoms with E-state index in [2.05, 4.69) is 5.32 Å². The Kier molecular flexibility index (Phi) is 3.05. The average molecular weight is 231 g/mol. The molecule has 1 unspecified atom stereocenters. The van der Waals surface area contributed by atoms with Crippen LogP contribution in [0.4, 0.5) is 13.2 Å². The van der Waals surface area contributed by atoms with Crippen molar-refractivity contribution in [3.8, 4) is 5.75 Å². The van der Waals surface area contributed by atoms with Crippen LogP contribution < -0.4 is 10.1 Å². The van der Waals surface area contributed by atoms with Crippen molar-refractivity contribution in [3.63, 3.8) is 0 Å². The Morgan fingerprint density at radius 1 is 1.31 bits per heavy atom. The fourth-order valence-corrected chi connectivity index (χ4v) is 2.03. The van der Waals surface area contributed by atoms with Gasteiger partial charge >= 0.3 is 0 Å². The molecule has 1 saturated heterocycles. The quantitative estimate of drug-likeness (QED) is 0.788. The largest absolute Gasteiger partial charge is 0.493 e. The zero-order valence-electron chi connectivity index (χ0n) is 8.82. The van der Waals surface area contributed by atoms with Gasteiger partial charge in [0.15, 0.2) is 17.4 Å². The van der Waals surface area contributed by atoms with E-state index in [1.807, 2.05) is 0 Å². The summed E-state index contributed by atoms with van der Waals surface area (Å²) in [5.41, 5.74) is 0.393. The number of halogens is 3. The van der Waals surface area contributed by atoms with Gasteiger partial charge in [0, 0.05) is 18.0 Å². The molecule has 1 N–H and O–H groups in total. The Labute approximate surface area is 91.4 Å². The predicted octanol–water partition coefficient (Wildman–Crippen LogP) is 2.19. The minimum atomic E-state index is -1.48. The average Bonchev–Trinajstić information content (AvgIpc) is 2.79. The lowest BCUT2D eigenvalue weighted by Gasteiger charge is -2.15. The van der Waals surface area contributed by atoms with Gasteiger partial charge in [0.05, 0.1) is 7.11 Å². The maximum absolute atomic E-state index is 13.4. The van der Waals surface area contributed by atoms with Crippen molar-refractivity contribution < 1.29 is 17.9 Å². The van der Waals surface area contributed by atoms with Crippen molar-refractivity contribution in [2.45, 2.75) is 12.3 Å². The second-order valence-corrected chi connectivity index (χ2v) is 3.80. The molecule has 2 nitrogen and oxygen atoms in total. The molecule has 1 aromatic carbocycles. The summed E-state index contributed by atoms with van der Waals surface area (Å²) < 4.78 is 44.3. The van der Waals surface area contributed by atoms with E-state index >= 15 is 0 Å².